The second-order valence-corrected chi connectivity index (χ2v) is 14.2. The number of halogens is 2. The molecule has 2 saturated heterocycles. The van der Waals surface area contributed by atoms with Crippen molar-refractivity contribution in [3.63, 3.8) is 0 Å². The van der Waals surface area contributed by atoms with Crippen molar-refractivity contribution in [2.45, 2.75) is 50.9 Å². The fourth-order valence-electron chi connectivity index (χ4n) is 8.29. The van der Waals surface area contributed by atoms with Crippen LogP contribution >= 0.6 is 0 Å². The van der Waals surface area contributed by atoms with E-state index in [0.29, 0.717) is 54.8 Å². The zero-order valence-electron chi connectivity index (χ0n) is 27.2. The Morgan fingerprint density at radius 1 is 0.939 bits per heavy atom. The van der Waals surface area contributed by atoms with E-state index in [1.54, 1.807) is 19.4 Å². The van der Waals surface area contributed by atoms with E-state index in [-0.39, 0.29) is 29.5 Å². The Hall–Kier alpha value is -4.84. The molecule has 4 fully saturated rings. The number of likely N-dealkylation sites (tertiary alicyclic amines) is 2. The molecule has 0 radical (unpaired) electrons. The van der Waals surface area contributed by atoms with Crippen molar-refractivity contribution >= 4 is 33.9 Å². The average Bonchev–Trinajstić information content (AvgIpc) is 3.44. The summed E-state index contributed by atoms with van der Waals surface area (Å²) >= 11 is 0. The first-order chi connectivity index (χ1) is 23.8. The lowest BCUT2D eigenvalue weighted by Gasteiger charge is -2.40. The first kappa shape index (κ1) is 30.2. The molecule has 49 heavy (non-hydrogen) atoms. The Morgan fingerprint density at radius 3 is 2.49 bits per heavy atom. The van der Waals surface area contributed by atoms with Crippen LogP contribution in [-0.2, 0) is 13.1 Å². The van der Waals surface area contributed by atoms with Crippen LogP contribution in [0, 0.1) is 29.4 Å². The van der Waals surface area contributed by atoms with Crippen molar-refractivity contribution < 1.29 is 23.1 Å². The van der Waals surface area contributed by atoms with Crippen molar-refractivity contribution in [1.82, 2.24) is 28.9 Å². The summed E-state index contributed by atoms with van der Waals surface area (Å²) in [6.07, 6.45) is 6.11. The van der Waals surface area contributed by atoms with Gasteiger partial charge in [0.2, 0.25) is 0 Å². The van der Waals surface area contributed by atoms with Gasteiger partial charge >= 0.3 is 0 Å². The van der Waals surface area contributed by atoms with E-state index in [9.17, 15) is 18.4 Å². The van der Waals surface area contributed by atoms with Crippen molar-refractivity contribution in [2.75, 3.05) is 26.7 Å². The van der Waals surface area contributed by atoms with Crippen molar-refractivity contribution in [3.05, 3.63) is 77.5 Å². The molecule has 2 aromatic carbocycles. The Labute approximate surface area is 281 Å². The number of hydrogen-bond donors (Lipinski definition) is 1. The number of benzene rings is 2. The number of fused-ring (bicyclic) bond motifs is 4. The first-order valence-corrected chi connectivity index (χ1v) is 17.1. The molecular weight excluding hydrogens is 628 g/mol. The van der Waals surface area contributed by atoms with Gasteiger partial charge in [0.25, 0.3) is 11.8 Å². The van der Waals surface area contributed by atoms with Gasteiger partial charge in [0.1, 0.15) is 28.5 Å². The largest absolute Gasteiger partial charge is 0.494 e. The number of piperidine rings is 1. The summed E-state index contributed by atoms with van der Waals surface area (Å²) in [5.41, 5.74) is 9.90. The zero-order valence-corrected chi connectivity index (χ0v) is 27.2. The predicted octanol–water partition coefficient (Wildman–Crippen LogP) is 5.08. The second kappa shape index (κ2) is 11.4. The highest BCUT2D eigenvalue weighted by Crippen LogP contribution is 2.41. The molecule has 2 saturated carbocycles. The van der Waals surface area contributed by atoms with Gasteiger partial charge in [-0.3, -0.25) is 9.59 Å². The monoisotopic (exact) mass is 665 g/mol. The molecule has 3 atom stereocenters. The van der Waals surface area contributed by atoms with Gasteiger partial charge in [-0.05, 0) is 86.1 Å². The number of nitrogens with two attached hydrogens (primary N) is 1. The van der Waals surface area contributed by atoms with Crippen LogP contribution < -0.4 is 10.5 Å². The molecule has 9 rings (SSSR count). The smallest absolute Gasteiger partial charge is 0.256 e. The molecule has 5 aromatic rings. The lowest BCUT2D eigenvalue weighted by Crippen LogP contribution is -2.51. The first-order valence-electron chi connectivity index (χ1n) is 17.1. The van der Waals surface area contributed by atoms with Crippen LogP contribution in [0.3, 0.4) is 0 Å². The standard InChI is InChI=1S/C37H37F2N7O3/c1-49-31-13-24(36(47)45-19-23-6-9-29(45)32(23)40)11-28-33(31)46(18-21-15-43(16-21)37(48)26-14-25(38)7-8-27(26)39)35(42-28)30-12-22-3-2-10-41-34(22)44(30)17-20-4-5-20/h2-3,7-8,10-14,20-21,23,29,32H,4-6,9,15-19,40H2,1H3/t23?,29?,32-/m1/s1. The van der Waals surface area contributed by atoms with E-state index in [4.69, 9.17) is 20.4 Å². The normalized spacial score (nSPS) is 22.0. The molecule has 10 nitrogen and oxygen atoms in total. The molecule has 0 spiro atoms. The predicted molar refractivity (Wildman–Crippen MR) is 179 cm³/mol. The van der Waals surface area contributed by atoms with Crippen LogP contribution in [-0.4, -0.2) is 79.5 Å². The summed E-state index contributed by atoms with van der Waals surface area (Å²) in [5, 5.41) is 1.01. The Kier molecular flexibility index (Phi) is 7.01. The van der Waals surface area contributed by atoms with E-state index in [0.717, 1.165) is 65.7 Å². The maximum atomic E-state index is 14.4. The Morgan fingerprint density at radius 2 is 1.76 bits per heavy atom. The van der Waals surface area contributed by atoms with Crippen LogP contribution in [0.15, 0.2) is 54.7 Å². The summed E-state index contributed by atoms with van der Waals surface area (Å²) in [5.74, 6) is 0.183. The molecule has 5 heterocycles. The third-order valence-corrected chi connectivity index (χ3v) is 11.1. The van der Waals surface area contributed by atoms with Gasteiger partial charge in [-0.15, -0.1) is 0 Å². The van der Waals surface area contributed by atoms with Gasteiger partial charge in [0.05, 0.1) is 23.9 Å². The van der Waals surface area contributed by atoms with E-state index >= 15 is 0 Å². The van der Waals surface area contributed by atoms with Crippen LogP contribution in [0.2, 0.25) is 0 Å². The van der Waals surface area contributed by atoms with E-state index in [2.05, 4.69) is 21.3 Å². The molecule has 2 bridgehead atoms. The number of hydrogen-bond acceptors (Lipinski definition) is 6. The lowest BCUT2D eigenvalue weighted by atomic mass is 9.98. The van der Waals surface area contributed by atoms with Gasteiger partial charge in [0.15, 0.2) is 5.82 Å². The summed E-state index contributed by atoms with van der Waals surface area (Å²) in [6.45, 7) is 2.72. The highest BCUT2D eigenvalue weighted by molar-refractivity contribution is 6.00. The van der Waals surface area contributed by atoms with Crippen molar-refractivity contribution in [1.29, 1.82) is 0 Å². The molecule has 2 aliphatic carbocycles. The second-order valence-electron chi connectivity index (χ2n) is 14.2. The molecule has 12 heteroatoms. The third kappa shape index (κ3) is 4.98. The van der Waals surface area contributed by atoms with Crippen LogP contribution in [0.4, 0.5) is 8.78 Å². The quantitative estimate of drug-likeness (QED) is 0.248. The number of methoxy groups -OCH3 is 1. The maximum Gasteiger partial charge on any atom is 0.256 e. The van der Waals surface area contributed by atoms with Gasteiger partial charge in [-0.2, -0.15) is 0 Å². The number of carbonyl (C=O) groups excluding carboxylic acids is 2. The molecule has 252 valence electrons. The highest BCUT2D eigenvalue weighted by atomic mass is 19.1. The average molecular weight is 666 g/mol. The van der Waals surface area contributed by atoms with Crippen LogP contribution in [0.25, 0.3) is 33.6 Å². The number of carbonyl (C=O) groups is 2. The Balaban J connectivity index is 1.11. The number of ether oxygens (including phenoxy) is 1. The van der Waals surface area contributed by atoms with Crippen molar-refractivity contribution in [3.8, 4) is 17.3 Å². The minimum Gasteiger partial charge on any atom is -0.494 e. The Bertz CT molecular complexity index is 2150. The summed E-state index contributed by atoms with van der Waals surface area (Å²) in [7, 11) is 1.60. The fraction of sp³-hybridized carbons (Fsp3) is 0.405. The van der Waals surface area contributed by atoms with Gasteiger partial charge in [-0.25, -0.2) is 18.7 Å². The maximum absolute atomic E-state index is 14.4. The number of pyridine rings is 1. The SMILES string of the molecule is COc1cc(C(=O)N2CC3CCC2[C@@H]3N)cc2nc(-c3cc4cccnc4n3CC3CC3)n(CC3CN(C(=O)c4cc(F)ccc4F)C3)c12. The minimum absolute atomic E-state index is 0.00807. The third-order valence-electron chi connectivity index (χ3n) is 11.1. The summed E-state index contributed by atoms with van der Waals surface area (Å²) < 4.78 is 38.6. The summed E-state index contributed by atoms with van der Waals surface area (Å²) in [4.78, 5) is 40.4. The number of rotatable bonds is 8. The van der Waals surface area contributed by atoms with Gasteiger partial charge in [-0.1, -0.05) is 0 Å². The highest BCUT2D eigenvalue weighted by Gasteiger charge is 2.47. The fourth-order valence-corrected chi connectivity index (χ4v) is 8.29. The van der Waals surface area contributed by atoms with Crippen LogP contribution in [0.5, 0.6) is 5.75 Å². The van der Waals surface area contributed by atoms with E-state index in [1.807, 2.05) is 17.0 Å². The van der Waals surface area contributed by atoms with Gasteiger partial charge in [0, 0.05) is 67.9 Å². The molecule has 3 aromatic heterocycles. The lowest BCUT2D eigenvalue weighted by molar-refractivity contribution is 0.0466. The van der Waals surface area contributed by atoms with Crippen molar-refractivity contribution in [2.24, 2.45) is 23.5 Å². The molecule has 2 aliphatic heterocycles. The molecule has 2 N–H and O–H groups in total. The topological polar surface area (TPSA) is 112 Å². The molecule has 4 aliphatic rings. The molecular formula is C37H37F2N7O3. The molecule has 2 amide bonds. The van der Waals surface area contributed by atoms with E-state index in [1.165, 1.54) is 17.7 Å². The molecule has 2 unspecified atom stereocenters. The zero-order chi connectivity index (χ0) is 33.6. The minimum atomic E-state index is -0.742. The summed E-state index contributed by atoms with van der Waals surface area (Å²) in [6, 6.07) is 12.7. The van der Waals surface area contributed by atoms with E-state index < -0.39 is 17.5 Å². The van der Waals surface area contributed by atoms with Gasteiger partial charge < -0.3 is 29.4 Å². The number of imidazole rings is 1. The number of amides is 2. The number of aromatic nitrogens is 4. The number of nitrogens with zero attached hydrogens (tertiary/aromatic N) is 6. The van der Waals surface area contributed by atoms with Crippen LogP contribution in [0.1, 0.15) is 46.4 Å².